The van der Waals surface area contributed by atoms with Gasteiger partial charge in [0, 0.05) is 61.3 Å². The van der Waals surface area contributed by atoms with E-state index in [0.717, 1.165) is 44.2 Å². The summed E-state index contributed by atoms with van der Waals surface area (Å²) >= 11 is 1.79. The van der Waals surface area contributed by atoms with Crippen LogP contribution < -0.4 is 4.90 Å². The van der Waals surface area contributed by atoms with E-state index in [0.29, 0.717) is 6.61 Å². The minimum absolute atomic E-state index is 0. The van der Waals surface area contributed by atoms with E-state index in [1.165, 1.54) is 15.8 Å². The fraction of sp³-hybridized carbons (Fsp3) is 0.474. The van der Waals surface area contributed by atoms with E-state index in [-0.39, 0.29) is 37.1 Å². The molecule has 1 aromatic heterocycles. The van der Waals surface area contributed by atoms with Gasteiger partial charge in [0.05, 0.1) is 6.61 Å². The number of fused-ring (bicyclic) bond motifs is 1. The largest absolute Gasteiger partial charge is 0.368 e. The Kier molecular flexibility index (Phi) is 6.70. The lowest BCUT2D eigenvalue weighted by molar-refractivity contribution is -0.187. The summed E-state index contributed by atoms with van der Waals surface area (Å²) in [6, 6.07) is 8.73. The van der Waals surface area contributed by atoms with E-state index in [1.54, 1.807) is 11.3 Å². The molecule has 0 radical (unpaired) electrons. The number of hydroxylamine groups is 2. The van der Waals surface area contributed by atoms with Crippen molar-refractivity contribution in [2.24, 2.45) is 0 Å². The van der Waals surface area contributed by atoms with Gasteiger partial charge in [0.1, 0.15) is 0 Å². The van der Waals surface area contributed by atoms with Crippen molar-refractivity contribution >= 4 is 51.3 Å². The third-order valence-electron chi connectivity index (χ3n) is 5.03. The van der Waals surface area contributed by atoms with Crippen LogP contribution in [0.15, 0.2) is 29.6 Å². The van der Waals surface area contributed by atoms with Gasteiger partial charge in [0.2, 0.25) is 0 Å². The Balaban J connectivity index is 0.00000210. The zero-order chi connectivity index (χ0) is 17.9. The molecule has 27 heavy (non-hydrogen) atoms. The van der Waals surface area contributed by atoms with E-state index >= 15 is 0 Å². The van der Waals surface area contributed by atoms with Gasteiger partial charge in [-0.2, -0.15) is 5.06 Å². The molecule has 0 N–H and O–H groups in total. The molecule has 1 aromatic carbocycles. The summed E-state index contributed by atoms with van der Waals surface area (Å²) < 4.78 is 1.34. The first-order valence-corrected chi connectivity index (χ1v) is 10.0. The number of amides is 2. The molecule has 2 saturated heterocycles. The van der Waals surface area contributed by atoms with Crippen molar-refractivity contribution in [1.82, 2.24) is 9.96 Å². The molecule has 2 amide bonds. The molecule has 0 unspecified atom stereocenters. The Morgan fingerprint density at radius 3 is 2.48 bits per heavy atom. The first kappa shape index (κ1) is 20.1. The minimum atomic E-state index is -0.216. The second-order valence-electron chi connectivity index (χ2n) is 6.71. The number of hydrogen-bond acceptors (Lipinski definition) is 6. The van der Waals surface area contributed by atoms with E-state index in [2.05, 4.69) is 39.4 Å². The molecule has 0 aliphatic carbocycles. The topological polar surface area (TPSA) is 53.1 Å². The van der Waals surface area contributed by atoms with Gasteiger partial charge in [-0.1, -0.05) is 6.07 Å². The van der Waals surface area contributed by atoms with Gasteiger partial charge in [-0.25, -0.2) is 0 Å². The molecular weight excluding hydrogens is 386 g/mol. The van der Waals surface area contributed by atoms with Crippen LogP contribution in [0.4, 0.5) is 5.69 Å². The first-order chi connectivity index (χ1) is 12.7. The van der Waals surface area contributed by atoms with Crippen LogP contribution in [0.3, 0.4) is 0 Å². The van der Waals surface area contributed by atoms with Gasteiger partial charge >= 0.3 is 0 Å². The Bertz CT molecular complexity index is 788. The van der Waals surface area contributed by atoms with Crippen LogP contribution in [0.25, 0.3) is 10.1 Å². The van der Waals surface area contributed by atoms with Gasteiger partial charge in [0.15, 0.2) is 0 Å². The van der Waals surface area contributed by atoms with Gasteiger partial charge in [-0.05, 0) is 30.0 Å². The number of thiophene rings is 1. The van der Waals surface area contributed by atoms with Gasteiger partial charge in [-0.3, -0.25) is 19.3 Å². The molecule has 2 aliphatic rings. The molecule has 3 heterocycles. The summed E-state index contributed by atoms with van der Waals surface area (Å²) in [7, 11) is 0. The zero-order valence-electron chi connectivity index (χ0n) is 15.1. The number of imide groups is 1. The summed E-state index contributed by atoms with van der Waals surface area (Å²) in [5, 5.41) is 4.44. The van der Waals surface area contributed by atoms with E-state index < -0.39 is 0 Å². The van der Waals surface area contributed by atoms with Crippen molar-refractivity contribution in [3.8, 4) is 0 Å². The van der Waals surface area contributed by atoms with Crippen molar-refractivity contribution in [2.75, 3.05) is 44.2 Å². The lowest BCUT2D eigenvalue weighted by Crippen LogP contribution is -2.46. The van der Waals surface area contributed by atoms with Crippen molar-refractivity contribution in [3.05, 3.63) is 29.6 Å². The Hall–Kier alpha value is -1.67. The third kappa shape index (κ3) is 4.43. The van der Waals surface area contributed by atoms with Crippen LogP contribution in [0.1, 0.15) is 19.3 Å². The monoisotopic (exact) mass is 409 g/mol. The van der Waals surface area contributed by atoms with E-state index in [4.69, 9.17) is 4.84 Å². The maximum Gasteiger partial charge on any atom is 0.253 e. The lowest BCUT2D eigenvalue weighted by atomic mass is 10.2. The molecule has 2 fully saturated rings. The van der Waals surface area contributed by atoms with Crippen LogP contribution in [0.5, 0.6) is 0 Å². The minimum Gasteiger partial charge on any atom is -0.368 e. The van der Waals surface area contributed by atoms with Crippen molar-refractivity contribution < 1.29 is 14.4 Å². The predicted molar refractivity (Wildman–Crippen MR) is 109 cm³/mol. The summed E-state index contributed by atoms with van der Waals surface area (Å²) in [6.45, 7) is 5.39. The van der Waals surface area contributed by atoms with E-state index in [1.807, 2.05) is 0 Å². The summed E-state index contributed by atoms with van der Waals surface area (Å²) in [6.07, 6.45) is 1.37. The molecule has 0 spiro atoms. The molecule has 6 nitrogen and oxygen atoms in total. The summed E-state index contributed by atoms with van der Waals surface area (Å²) in [5.74, 6) is -0.433. The maximum atomic E-state index is 11.5. The first-order valence-electron chi connectivity index (χ1n) is 9.14. The fourth-order valence-corrected chi connectivity index (χ4v) is 4.42. The number of halogens is 1. The number of carbonyl (C=O) groups excluding carboxylic acids is 2. The van der Waals surface area contributed by atoms with E-state index in [9.17, 15) is 9.59 Å². The highest BCUT2D eigenvalue weighted by molar-refractivity contribution is 7.17. The number of nitrogens with zero attached hydrogens (tertiary/aromatic N) is 3. The average molecular weight is 410 g/mol. The van der Waals surface area contributed by atoms with Crippen molar-refractivity contribution in [1.29, 1.82) is 0 Å². The molecule has 146 valence electrons. The number of hydrogen-bond donors (Lipinski definition) is 0. The zero-order valence-corrected chi connectivity index (χ0v) is 16.8. The summed E-state index contributed by atoms with van der Waals surface area (Å²) in [4.78, 5) is 33.2. The Morgan fingerprint density at radius 2 is 1.74 bits per heavy atom. The third-order valence-corrected chi connectivity index (χ3v) is 5.91. The molecular formula is C19H24ClN3O3S. The second-order valence-corrected chi connectivity index (χ2v) is 7.65. The fourth-order valence-electron chi connectivity index (χ4n) is 3.61. The van der Waals surface area contributed by atoms with Crippen LogP contribution in [0.2, 0.25) is 0 Å². The molecule has 0 bridgehead atoms. The molecule has 2 aromatic rings. The Labute approximate surface area is 169 Å². The van der Waals surface area contributed by atoms with Crippen LogP contribution in [-0.4, -0.2) is 61.1 Å². The van der Waals surface area contributed by atoms with Crippen molar-refractivity contribution in [2.45, 2.75) is 19.3 Å². The van der Waals surface area contributed by atoms with Gasteiger partial charge in [0.25, 0.3) is 11.8 Å². The number of rotatable bonds is 6. The predicted octanol–water partition coefficient (Wildman–Crippen LogP) is 2.92. The molecule has 0 saturated carbocycles. The highest BCUT2D eigenvalue weighted by Crippen LogP contribution is 2.31. The maximum absolute atomic E-state index is 11.5. The lowest BCUT2D eigenvalue weighted by Gasteiger charge is -2.36. The quantitative estimate of drug-likeness (QED) is 0.542. The molecule has 2 aliphatic heterocycles. The molecule has 4 rings (SSSR count). The number of piperazine rings is 1. The highest BCUT2D eigenvalue weighted by atomic mass is 35.5. The molecule has 0 atom stereocenters. The SMILES string of the molecule is Cl.O=C1CCC(=O)N1OCCCN1CCN(c2cccc3sccc23)CC1. The smallest absolute Gasteiger partial charge is 0.253 e. The van der Waals surface area contributed by atoms with Gasteiger partial charge < -0.3 is 4.90 Å². The standard InChI is InChI=1S/C19H23N3O3S.ClH/c23-18-5-6-19(24)22(18)25-13-2-8-20-9-11-21(12-10-20)16-3-1-4-17-15(16)7-14-26-17;/h1,3-4,7,14H,2,5-6,8-13H2;1H. The second kappa shape index (κ2) is 9.01. The number of anilines is 1. The van der Waals surface area contributed by atoms with Gasteiger partial charge in [-0.15, -0.1) is 23.7 Å². The van der Waals surface area contributed by atoms with Crippen LogP contribution in [0, 0.1) is 0 Å². The highest BCUT2D eigenvalue weighted by Gasteiger charge is 2.30. The average Bonchev–Trinajstić information content (AvgIpc) is 3.26. The Morgan fingerprint density at radius 1 is 1.00 bits per heavy atom. The number of carbonyl (C=O) groups is 2. The number of benzene rings is 1. The normalized spacial score (nSPS) is 18.4. The summed E-state index contributed by atoms with van der Waals surface area (Å²) in [5.41, 5.74) is 1.33. The van der Waals surface area contributed by atoms with Crippen molar-refractivity contribution in [3.63, 3.8) is 0 Å². The van der Waals surface area contributed by atoms with Crippen LogP contribution in [-0.2, 0) is 14.4 Å². The molecule has 8 heteroatoms. The van der Waals surface area contributed by atoms with Crippen LogP contribution >= 0.6 is 23.7 Å².